The fourth-order valence-corrected chi connectivity index (χ4v) is 2.06. The van der Waals surface area contributed by atoms with Crippen LogP contribution in [-0.4, -0.2) is 14.7 Å². The first-order valence-electron chi connectivity index (χ1n) is 6.22. The van der Waals surface area contributed by atoms with E-state index in [4.69, 9.17) is 5.26 Å². The van der Waals surface area contributed by atoms with Gasteiger partial charge in [-0.25, -0.2) is 4.98 Å². The molecule has 0 fully saturated rings. The maximum atomic E-state index is 10.5. The second-order valence-corrected chi connectivity index (χ2v) is 4.92. The first kappa shape index (κ1) is 13.3. The highest BCUT2D eigenvalue weighted by Crippen LogP contribution is 2.26. The Kier molecular flexibility index (Phi) is 3.68. The van der Waals surface area contributed by atoms with Crippen molar-refractivity contribution >= 4 is 0 Å². The molecular formula is C15H17N3O. The molecule has 0 aliphatic rings. The van der Waals surface area contributed by atoms with Crippen LogP contribution in [0.4, 0.5) is 0 Å². The maximum Gasteiger partial charge on any atom is 0.108 e. The molecule has 2 aromatic rings. The van der Waals surface area contributed by atoms with Gasteiger partial charge in [-0.3, -0.25) is 0 Å². The summed E-state index contributed by atoms with van der Waals surface area (Å²) in [6, 6.07) is 9.20. The molecule has 0 aliphatic heterocycles. The highest BCUT2D eigenvalue weighted by atomic mass is 16.3. The quantitative estimate of drug-likeness (QED) is 0.910. The number of hydrogen-bond donors (Lipinski definition) is 1. The standard InChI is InChI=1S/C15H17N3O/c1-15(19,7-6-14-17-8-9-18(14)2)13-5-3-4-12(10-13)11-16/h3-5,8-10,19H,6-7H2,1-2H3. The van der Waals surface area contributed by atoms with Crippen molar-refractivity contribution in [1.29, 1.82) is 5.26 Å². The highest BCUT2D eigenvalue weighted by molar-refractivity contribution is 5.35. The van der Waals surface area contributed by atoms with Gasteiger partial charge in [0.2, 0.25) is 0 Å². The number of rotatable bonds is 4. The summed E-state index contributed by atoms with van der Waals surface area (Å²) in [5.41, 5.74) is 0.370. The smallest absolute Gasteiger partial charge is 0.108 e. The van der Waals surface area contributed by atoms with Gasteiger partial charge >= 0.3 is 0 Å². The second kappa shape index (κ2) is 5.25. The molecule has 4 nitrogen and oxygen atoms in total. The molecule has 1 aromatic carbocycles. The third kappa shape index (κ3) is 3.01. The molecular weight excluding hydrogens is 238 g/mol. The number of benzene rings is 1. The van der Waals surface area contributed by atoms with E-state index in [-0.39, 0.29) is 0 Å². The Morgan fingerprint density at radius 2 is 2.26 bits per heavy atom. The zero-order chi connectivity index (χ0) is 13.9. The van der Waals surface area contributed by atoms with E-state index in [9.17, 15) is 5.11 Å². The summed E-state index contributed by atoms with van der Waals surface area (Å²) in [6.07, 6.45) is 4.89. The molecule has 1 atom stereocenters. The Morgan fingerprint density at radius 1 is 1.47 bits per heavy atom. The van der Waals surface area contributed by atoms with Gasteiger partial charge in [-0.2, -0.15) is 5.26 Å². The molecule has 0 saturated heterocycles. The van der Waals surface area contributed by atoms with Crippen LogP contribution in [0.1, 0.15) is 30.3 Å². The van der Waals surface area contributed by atoms with Crippen LogP contribution in [0.5, 0.6) is 0 Å². The van der Waals surface area contributed by atoms with E-state index in [0.717, 1.165) is 11.4 Å². The molecule has 0 amide bonds. The second-order valence-electron chi connectivity index (χ2n) is 4.92. The lowest BCUT2D eigenvalue weighted by Gasteiger charge is -2.23. The molecule has 0 aliphatic carbocycles. The van der Waals surface area contributed by atoms with Crippen LogP contribution >= 0.6 is 0 Å². The van der Waals surface area contributed by atoms with Crippen molar-refractivity contribution in [1.82, 2.24) is 9.55 Å². The van der Waals surface area contributed by atoms with E-state index < -0.39 is 5.60 Å². The zero-order valence-corrected chi connectivity index (χ0v) is 11.2. The van der Waals surface area contributed by atoms with E-state index >= 15 is 0 Å². The van der Waals surface area contributed by atoms with Crippen LogP contribution in [0, 0.1) is 11.3 Å². The molecule has 19 heavy (non-hydrogen) atoms. The van der Waals surface area contributed by atoms with Crippen molar-refractivity contribution in [3.05, 3.63) is 53.6 Å². The average molecular weight is 255 g/mol. The SMILES string of the molecule is Cn1ccnc1CCC(C)(O)c1cccc(C#N)c1. The Labute approximate surface area is 113 Å². The summed E-state index contributed by atoms with van der Waals surface area (Å²) < 4.78 is 1.95. The first-order chi connectivity index (χ1) is 9.03. The van der Waals surface area contributed by atoms with E-state index in [1.165, 1.54) is 0 Å². The van der Waals surface area contributed by atoms with E-state index in [2.05, 4.69) is 11.1 Å². The van der Waals surface area contributed by atoms with Gasteiger partial charge in [0.1, 0.15) is 5.82 Å². The monoisotopic (exact) mass is 255 g/mol. The fraction of sp³-hybridized carbons (Fsp3) is 0.333. The lowest BCUT2D eigenvalue weighted by Crippen LogP contribution is -2.22. The number of nitriles is 1. The average Bonchev–Trinajstić information content (AvgIpc) is 2.82. The van der Waals surface area contributed by atoms with Crippen LogP contribution in [0.2, 0.25) is 0 Å². The Hall–Kier alpha value is -2.12. The predicted octanol–water partition coefficient (Wildman–Crippen LogP) is 2.13. The summed E-state index contributed by atoms with van der Waals surface area (Å²) in [6.45, 7) is 1.77. The summed E-state index contributed by atoms with van der Waals surface area (Å²) in [5, 5.41) is 19.4. The van der Waals surface area contributed by atoms with Gasteiger partial charge in [0.15, 0.2) is 0 Å². The number of aliphatic hydroxyl groups is 1. The van der Waals surface area contributed by atoms with Crippen molar-refractivity contribution in [3.8, 4) is 6.07 Å². The van der Waals surface area contributed by atoms with Crippen LogP contribution < -0.4 is 0 Å². The van der Waals surface area contributed by atoms with Crippen LogP contribution in [0.25, 0.3) is 0 Å². The molecule has 0 saturated carbocycles. The summed E-state index contributed by atoms with van der Waals surface area (Å²) in [7, 11) is 1.94. The van der Waals surface area contributed by atoms with E-state index in [1.807, 2.05) is 23.9 Å². The first-order valence-corrected chi connectivity index (χ1v) is 6.22. The molecule has 1 N–H and O–H groups in total. The Bertz CT molecular complexity index is 608. The molecule has 98 valence electrons. The topological polar surface area (TPSA) is 61.8 Å². The molecule has 1 aromatic heterocycles. The van der Waals surface area contributed by atoms with Gasteiger partial charge < -0.3 is 9.67 Å². The summed E-state index contributed by atoms with van der Waals surface area (Å²) in [4.78, 5) is 4.25. The van der Waals surface area contributed by atoms with Crippen LogP contribution in [0.15, 0.2) is 36.7 Å². The molecule has 4 heteroatoms. The number of aromatic nitrogens is 2. The lowest BCUT2D eigenvalue weighted by atomic mass is 9.90. The third-order valence-electron chi connectivity index (χ3n) is 3.37. The molecule has 0 bridgehead atoms. The van der Waals surface area contributed by atoms with E-state index in [0.29, 0.717) is 18.4 Å². The Morgan fingerprint density at radius 3 is 2.89 bits per heavy atom. The van der Waals surface area contributed by atoms with Gasteiger partial charge in [0.25, 0.3) is 0 Å². The minimum atomic E-state index is -0.960. The van der Waals surface area contributed by atoms with Gasteiger partial charge in [0, 0.05) is 25.9 Å². The molecule has 0 spiro atoms. The molecule has 1 heterocycles. The number of hydrogen-bond acceptors (Lipinski definition) is 3. The number of nitrogens with zero attached hydrogens (tertiary/aromatic N) is 3. The van der Waals surface area contributed by atoms with Crippen molar-refractivity contribution < 1.29 is 5.11 Å². The maximum absolute atomic E-state index is 10.5. The fourth-order valence-electron chi connectivity index (χ4n) is 2.06. The predicted molar refractivity (Wildman–Crippen MR) is 72.3 cm³/mol. The summed E-state index contributed by atoms with van der Waals surface area (Å²) >= 11 is 0. The highest BCUT2D eigenvalue weighted by Gasteiger charge is 2.23. The van der Waals surface area contributed by atoms with Crippen molar-refractivity contribution in [2.24, 2.45) is 7.05 Å². The molecule has 2 rings (SSSR count). The normalized spacial score (nSPS) is 13.8. The Balaban J connectivity index is 2.13. The van der Waals surface area contributed by atoms with Crippen molar-refractivity contribution in [3.63, 3.8) is 0 Å². The van der Waals surface area contributed by atoms with Gasteiger partial charge in [-0.05, 0) is 31.0 Å². The lowest BCUT2D eigenvalue weighted by molar-refractivity contribution is 0.0473. The largest absolute Gasteiger partial charge is 0.385 e. The number of imidazole rings is 1. The van der Waals surface area contributed by atoms with Gasteiger partial charge in [-0.15, -0.1) is 0 Å². The molecule has 0 radical (unpaired) electrons. The van der Waals surface area contributed by atoms with E-state index in [1.54, 1.807) is 31.3 Å². The zero-order valence-electron chi connectivity index (χ0n) is 11.2. The minimum Gasteiger partial charge on any atom is -0.385 e. The summed E-state index contributed by atoms with van der Waals surface area (Å²) in [5.74, 6) is 0.941. The molecule has 1 unspecified atom stereocenters. The van der Waals surface area contributed by atoms with Crippen LogP contribution in [0.3, 0.4) is 0 Å². The minimum absolute atomic E-state index is 0.562. The van der Waals surface area contributed by atoms with Gasteiger partial charge in [-0.1, -0.05) is 12.1 Å². The van der Waals surface area contributed by atoms with Crippen LogP contribution in [-0.2, 0) is 19.1 Å². The van der Waals surface area contributed by atoms with Crippen molar-refractivity contribution in [2.45, 2.75) is 25.4 Å². The van der Waals surface area contributed by atoms with Crippen molar-refractivity contribution in [2.75, 3.05) is 0 Å². The third-order valence-corrected chi connectivity index (χ3v) is 3.37. The van der Waals surface area contributed by atoms with Gasteiger partial charge in [0.05, 0.1) is 17.2 Å². The number of aryl methyl sites for hydroxylation is 2.